The highest BCUT2D eigenvalue weighted by atomic mass is 32.2. The van der Waals surface area contributed by atoms with E-state index in [2.05, 4.69) is 25.2 Å². The molecule has 1 aromatic rings. The molecule has 1 atom stereocenters. The van der Waals surface area contributed by atoms with Crippen LogP contribution >= 0.6 is 23.1 Å². The van der Waals surface area contributed by atoms with Crippen molar-refractivity contribution in [2.24, 2.45) is 0 Å². The summed E-state index contributed by atoms with van der Waals surface area (Å²) in [5.74, 6) is 0.409. The van der Waals surface area contributed by atoms with E-state index >= 15 is 0 Å². The average molecular weight is 289 g/mol. The van der Waals surface area contributed by atoms with Gasteiger partial charge in [0.2, 0.25) is 0 Å². The molecular formula is C15H15NOS2. The molecule has 0 bridgehead atoms. The molecule has 3 rings (SSSR count). The van der Waals surface area contributed by atoms with Crippen LogP contribution in [0.25, 0.3) is 10.5 Å². The molecule has 0 saturated carbocycles. The van der Waals surface area contributed by atoms with E-state index in [-0.39, 0.29) is 0 Å². The van der Waals surface area contributed by atoms with Gasteiger partial charge in [-0.1, -0.05) is 18.2 Å². The molecule has 1 aliphatic carbocycles. The Balaban J connectivity index is 2.00. The maximum atomic E-state index is 9.78. The second-order valence-corrected chi connectivity index (χ2v) is 7.22. The second kappa shape index (κ2) is 5.02. The molecule has 0 saturated heterocycles. The van der Waals surface area contributed by atoms with Crippen LogP contribution in [0.1, 0.15) is 29.4 Å². The summed E-state index contributed by atoms with van der Waals surface area (Å²) in [6, 6.07) is 0. The summed E-state index contributed by atoms with van der Waals surface area (Å²) < 4.78 is 0. The minimum atomic E-state index is 0.409. The molecule has 4 heteroatoms. The minimum Gasteiger partial charge on any atom is -0.512 e. The summed E-state index contributed by atoms with van der Waals surface area (Å²) in [6.07, 6.45) is 10.7. The van der Waals surface area contributed by atoms with Crippen molar-refractivity contribution in [3.63, 3.8) is 0 Å². The lowest BCUT2D eigenvalue weighted by atomic mass is 10.2. The molecule has 1 aliphatic heterocycles. The van der Waals surface area contributed by atoms with Gasteiger partial charge in [-0.15, -0.1) is 23.1 Å². The van der Waals surface area contributed by atoms with Crippen molar-refractivity contribution in [2.45, 2.75) is 25.5 Å². The average Bonchev–Trinajstić information content (AvgIpc) is 2.74. The number of aliphatic hydroxyl groups excluding tert-OH is 1. The Bertz CT molecular complexity index is 635. The number of thiazole rings is 1. The van der Waals surface area contributed by atoms with Crippen LogP contribution in [0.4, 0.5) is 0 Å². The Morgan fingerprint density at radius 3 is 2.95 bits per heavy atom. The summed E-state index contributed by atoms with van der Waals surface area (Å²) >= 11 is 3.52. The van der Waals surface area contributed by atoms with Crippen LogP contribution in [0.5, 0.6) is 0 Å². The molecule has 2 nitrogen and oxygen atoms in total. The monoisotopic (exact) mass is 289 g/mol. The number of nitrogens with zero attached hydrogens (tertiary/aromatic N) is 1. The van der Waals surface area contributed by atoms with Gasteiger partial charge in [-0.05, 0) is 31.6 Å². The number of rotatable bonds is 1. The fourth-order valence-corrected chi connectivity index (χ4v) is 4.31. The number of hydrogen-bond acceptors (Lipinski definition) is 4. The second-order valence-electron chi connectivity index (χ2n) is 4.71. The van der Waals surface area contributed by atoms with E-state index in [0.717, 1.165) is 21.2 Å². The molecule has 0 radical (unpaired) electrons. The molecule has 1 unspecified atom stereocenters. The van der Waals surface area contributed by atoms with Crippen LogP contribution in [0, 0.1) is 0 Å². The highest BCUT2D eigenvalue weighted by Gasteiger charge is 2.19. The topological polar surface area (TPSA) is 33.1 Å². The van der Waals surface area contributed by atoms with Gasteiger partial charge in [0, 0.05) is 21.5 Å². The van der Waals surface area contributed by atoms with Gasteiger partial charge in [0.15, 0.2) is 0 Å². The maximum absolute atomic E-state index is 9.78. The summed E-state index contributed by atoms with van der Waals surface area (Å²) in [4.78, 5) is 7.14. The van der Waals surface area contributed by atoms with E-state index in [1.165, 1.54) is 4.91 Å². The fraction of sp³-hybridized carbons (Fsp3) is 0.267. The Hall–Kier alpha value is -1.26. The molecule has 0 fully saturated rings. The van der Waals surface area contributed by atoms with Gasteiger partial charge in [-0.3, -0.25) is 0 Å². The van der Waals surface area contributed by atoms with E-state index in [9.17, 15) is 5.11 Å². The van der Waals surface area contributed by atoms with E-state index < -0.39 is 0 Å². The van der Waals surface area contributed by atoms with E-state index in [1.807, 2.05) is 24.8 Å². The smallest absolute Gasteiger partial charge is 0.130 e. The zero-order valence-corrected chi connectivity index (χ0v) is 12.5. The van der Waals surface area contributed by atoms with Crippen molar-refractivity contribution in [3.8, 4) is 0 Å². The number of aromatic nitrogens is 1. The van der Waals surface area contributed by atoms with Crippen molar-refractivity contribution < 1.29 is 5.11 Å². The predicted octanol–water partition coefficient (Wildman–Crippen LogP) is 4.58. The van der Waals surface area contributed by atoms with Gasteiger partial charge in [-0.2, -0.15) is 0 Å². The maximum Gasteiger partial charge on any atom is 0.130 e. The van der Waals surface area contributed by atoms with Gasteiger partial charge in [0.1, 0.15) is 5.01 Å². The lowest BCUT2D eigenvalue weighted by molar-refractivity contribution is 0.400. The molecule has 1 aromatic heterocycles. The molecule has 19 heavy (non-hydrogen) atoms. The first kappa shape index (κ1) is 12.8. The Labute approximate surface area is 121 Å². The number of aliphatic hydroxyl groups is 1. The van der Waals surface area contributed by atoms with Gasteiger partial charge in [-0.25, -0.2) is 4.98 Å². The lowest BCUT2D eigenvalue weighted by Crippen LogP contribution is -1.94. The summed E-state index contributed by atoms with van der Waals surface area (Å²) in [5, 5.41) is 11.3. The number of thioether (sulfide) groups is 1. The molecule has 0 spiro atoms. The first-order valence-corrected chi connectivity index (χ1v) is 7.95. The Morgan fingerprint density at radius 2 is 2.16 bits per heavy atom. The van der Waals surface area contributed by atoms with Gasteiger partial charge in [0.05, 0.1) is 11.5 Å². The summed E-state index contributed by atoms with van der Waals surface area (Å²) in [5.41, 5.74) is 2.15. The highest BCUT2D eigenvalue weighted by Crippen LogP contribution is 2.39. The zero-order chi connectivity index (χ0) is 13.4. The minimum absolute atomic E-state index is 0.409. The Morgan fingerprint density at radius 1 is 1.32 bits per heavy atom. The van der Waals surface area contributed by atoms with Crippen molar-refractivity contribution in [1.29, 1.82) is 0 Å². The SMILES string of the molecule is CC1=CC=C(O)Cc2sc(C3=CC=CC(C)S3)nc21. The van der Waals surface area contributed by atoms with E-state index in [4.69, 9.17) is 4.98 Å². The summed E-state index contributed by atoms with van der Waals surface area (Å²) in [7, 11) is 0. The third-order valence-electron chi connectivity index (χ3n) is 3.09. The standard InChI is InChI=1S/C15H15NOS2/c1-9-6-7-11(17)8-13-14(9)16-15(19-13)12-5-3-4-10(2)18-12/h3-7,10,17H,8H2,1-2H3. The molecule has 0 aromatic carbocycles. The quantitative estimate of drug-likeness (QED) is 0.821. The van der Waals surface area contributed by atoms with Gasteiger partial charge < -0.3 is 5.11 Å². The molecule has 98 valence electrons. The lowest BCUT2D eigenvalue weighted by Gasteiger charge is -2.11. The largest absolute Gasteiger partial charge is 0.512 e. The fourth-order valence-electron chi connectivity index (χ4n) is 2.11. The predicted molar refractivity (Wildman–Crippen MR) is 84.4 cm³/mol. The van der Waals surface area contributed by atoms with Crippen LogP contribution in [0.3, 0.4) is 0 Å². The Kier molecular flexibility index (Phi) is 3.37. The third-order valence-corrected chi connectivity index (χ3v) is 5.42. The van der Waals surface area contributed by atoms with Crippen LogP contribution < -0.4 is 0 Å². The zero-order valence-electron chi connectivity index (χ0n) is 10.9. The first-order valence-electron chi connectivity index (χ1n) is 6.25. The third kappa shape index (κ3) is 2.55. The molecular weight excluding hydrogens is 274 g/mol. The normalized spacial score (nSPS) is 22.2. The van der Waals surface area contributed by atoms with Crippen LogP contribution in [-0.2, 0) is 6.42 Å². The van der Waals surface area contributed by atoms with Crippen LogP contribution in [0.2, 0.25) is 0 Å². The number of allylic oxidation sites excluding steroid dienone is 6. The van der Waals surface area contributed by atoms with Crippen molar-refractivity contribution in [2.75, 3.05) is 0 Å². The molecule has 1 N–H and O–H groups in total. The summed E-state index contributed by atoms with van der Waals surface area (Å²) in [6.45, 7) is 4.23. The van der Waals surface area contributed by atoms with Gasteiger partial charge in [0.25, 0.3) is 0 Å². The molecule has 0 amide bonds. The first-order chi connectivity index (χ1) is 9.13. The number of hydrogen-bond donors (Lipinski definition) is 1. The van der Waals surface area contributed by atoms with Crippen molar-refractivity contribution in [1.82, 2.24) is 4.98 Å². The van der Waals surface area contributed by atoms with E-state index in [1.54, 1.807) is 17.4 Å². The van der Waals surface area contributed by atoms with Crippen molar-refractivity contribution >= 4 is 33.6 Å². The highest BCUT2D eigenvalue weighted by molar-refractivity contribution is 8.09. The van der Waals surface area contributed by atoms with Crippen LogP contribution in [0.15, 0.2) is 36.1 Å². The van der Waals surface area contributed by atoms with Gasteiger partial charge >= 0.3 is 0 Å². The molecule has 2 aliphatic rings. The van der Waals surface area contributed by atoms with Crippen LogP contribution in [-0.4, -0.2) is 15.3 Å². The number of fused-ring (bicyclic) bond motifs is 1. The van der Waals surface area contributed by atoms with E-state index in [0.29, 0.717) is 17.4 Å². The van der Waals surface area contributed by atoms with Crippen molar-refractivity contribution in [3.05, 3.63) is 51.7 Å². The molecule has 2 heterocycles.